The normalized spacial score (nSPS) is 15.8. The zero-order valence-electron chi connectivity index (χ0n) is 20.2. The summed E-state index contributed by atoms with van der Waals surface area (Å²) in [6, 6.07) is 12.9. The Hall–Kier alpha value is -3.23. The molecule has 0 bridgehead atoms. The van der Waals surface area contributed by atoms with Gasteiger partial charge in [-0.05, 0) is 61.7 Å². The van der Waals surface area contributed by atoms with Crippen LogP contribution in [0, 0.1) is 0 Å². The lowest BCUT2D eigenvalue weighted by Crippen LogP contribution is -2.36. The number of benzene rings is 2. The average molecular weight is 527 g/mol. The lowest BCUT2D eigenvalue weighted by atomic mass is 10.1. The molecule has 0 saturated carbocycles. The van der Waals surface area contributed by atoms with Crippen molar-refractivity contribution in [1.82, 2.24) is 15.1 Å². The predicted molar refractivity (Wildman–Crippen MR) is 144 cm³/mol. The van der Waals surface area contributed by atoms with Crippen LogP contribution in [-0.2, 0) is 0 Å². The van der Waals surface area contributed by atoms with Gasteiger partial charge in [-0.25, -0.2) is 0 Å². The molecular weight excluding hydrogens is 499 g/mol. The second-order valence-corrected chi connectivity index (χ2v) is 9.81. The molecule has 1 aromatic heterocycles. The van der Waals surface area contributed by atoms with E-state index < -0.39 is 0 Å². The van der Waals surface area contributed by atoms with Gasteiger partial charge in [-0.15, -0.1) is 10.2 Å². The molecule has 3 aromatic rings. The Labute approximate surface area is 220 Å². The highest BCUT2D eigenvalue weighted by molar-refractivity contribution is 6.33. The second-order valence-electron chi connectivity index (χ2n) is 8.96. The number of ether oxygens (including phenoxy) is 1. The summed E-state index contributed by atoms with van der Waals surface area (Å²) in [5.41, 5.74) is 3.16. The van der Waals surface area contributed by atoms with E-state index in [9.17, 15) is 4.79 Å². The number of likely N-dealkylation sites (tertiary alicyclic amines) is 1. The third kappa shape index (κ3) is 4.88. The molecule has 0 spiro atoms. The molecule has 2 aromatic carbocycles. The van der Waals surface area contributed by atoms with Crippen LogP contribution in [0.25, 0.3) is 0 Å². The monoisotopic (exact) mass is 526 g/mol. The van der Waals surface area contributed by atoms with Crippen molar-refractivity contribution in [3.8, 4) is 5.75 Å². The molecule has 1 fully saturated rings. The minimum Gasteiger partial charge on any atom is -0.495 e. The van der Waals surface area contributed by atoms with Crippen molar-refractivity contribution in [3.05, 3.63) is 63.6 Å². The van der Waals surface area contributed by atoms with Crippen LogP contribution < -0.4 is 20.3 Å². The molecule has 2 aliphatic rings. The van der Waals surface area contributed by atoms with Crippen molar-refractivity contribution in [2.75, 3.05) is 48.8 Å². The van der Waals surface area contributed by atoms with Crippen LogP contribution >= 0.6 is 23.2 Å². The quantitative estimate of drug-likeness (QED) is 0.422. The number of aromatic nitrogens is 2. The van der Waals surface area contributed by atoms with Gasteiger partial charge in [0.2, 0.25) is 0 Å². The molecule has 2 aliphatic heterocycles. The van der Waals surface area contributed by atoms with Gasteiger partial charge in [0.1, 0.15) is 5.75 Å². The van der Waals surface area contributed by atoms with Crippen molar-refractivity contribution in [2.45, 2.75) is 25.8 Å². The van der Waals surface area contributed by atoms with Crippen LogP contribution in [0.15, 0.2) is 42.5 Å². The van der Waals surface area contributed by atoms with Gasteiger partial charge >= 0.3 is 0 Å². The van der Waals surface area contributed by atoms with Gasteiger partial charge in [0.25, 0.3) is 5.91 Å². The van der Waals surface area contributed by atoms with Crippen molar-refractivity contribution in [2.24, 2.45) is 0 Å². The maximum absolute atomic E-state index is 12.8. The number of amides is 1. The van der Waals surface area contributed by atoms with Gasteiger partial charge in [-0.1, -0.05) is 23.2 Å². The van der Waals surface area contributed by atoms with E-state index in [0.717, 1.165) is 50.3 Å². The minimum absolute atomic E-state index is 0.0282. The summed E-state index contributed by atoms with van der Waals surface area (Å²) in [5, 5.41) is 16.7. The van der Waals surface area contributed by atoms with Crippen LogP contribution in [0.3, 0.4) is 0 Å². The topological polar surface area (TPSA) is 82.6 Å². The third-order valence-electron chi connectivity index (χ3n) is 6.71. The first-order chi connectivity index (χ1) is 17.4. The fourth-order valence-corrected chi connectivity index (χ4v) is 5.23. The molecule has 5 rings (SSSR count). The molecule has 188 valence electrons. The number of anilines is 4. The Morgan fingerprint density at radius 1 is 1.08 bits per heavy atom. The number of nitrogens with one attached hydrogen (secondary N) is 2. The van der Waals surface area contributed by atoms with Gasteiger partial charge in [0, 0.05) is 47.9 Å². The fraction of sp³-hybridized carbons (Fsp3) is 0.346. The Bertz CT molecular complexity index is 1280. The Balaban J connectivity index is 1.41. The predicted octanol–water partition coefficient (Wildman–Crippen LogP) is 5.76. The minimum atomic E-state index is -0.0282. The standard InChI is InChI=1S/C26H28Cl2N6O2/c1-16(19-14-18(27)6-7-20(19)28)34-12-9-29-25-22(34)15-24(31-32-25)30-21-8-5-17(13-23(21)36-2)26(35)33-10-3-4-11-33/h5-8,13-16H,3-4,9-12H2,1-2H3,(H,29,32)(H,30,31)/t16-/m1/s1. The van der Waals surface area contributed by atoms with Gasteiger partial charge in [-0.3, -0.25) is 4.79 Å². The third-order valence-corrected chi connectivity index (χ3v) is 7.29. The molecule has 1 atom stereocenters. The van der Waals surface area contributed by atoms with Crippen LogP contribution in [0.1, 0.15) is 41.7 Å². The summed E-state index contributed by atoms with van der Waals surface area (Å²) < 4.78 is 5.59. The van der Waals surface area contributed by atoms with E-state index in [1.807, 2.05) is 35.2 Å². The smallest absolute Gasteiger partial charge is 0.253 e. The van der Waals surface area contributed by atoms with Crippen LogP contribution in [-0.4, -0.2) is 54.3 Å². The number of hydrogen-bond acceptors (Lipinski definition) is 7. The number of carbonyl (C=O) groups is 1. The molecule has 0 radical (unpaired) electrons. The highest BCUT2D eigenvalue weighted by Crippen LogP contribution is 2.38. The maximum Gasteiger partial charge on any atom is 0.253 e. The van der Waals surface area contributed by atoms with Gasteiger partial charge < -0.3 is 25.2 Å². The molecule has 36 heavy (non-hydrogen) atoms. The van der Waals surface area contributed by atoms with Gasteiger partial charge in [0.15, 0.2) is 11.6 Å². The molecule has 8 nitrogen and oxygen atoms in total. The number of methoxy groups -OCH3 is 1. The first kappa shape index (κ1) is 24.5. The van der Waals surface area contributed by atoms with E-state index in [-0.39, 0.29) is 11.9 Å². The van der Waals surface area contributed by atoms with Crippen molar-refractivity contribution >= 4 is 52.1 Å². The summed E-state index contributed by atoms with van der Waals surface area (Å²) in [4.78, 5) is 16.9. The van der Waals surface area contributed by atoms with Crippen molar-refractivity contribution in [1.29, 1.82) is 0 Å². The summed E-state index contributed by atoms with van der Waals surface area (Å²) in [7, 11) is 1.59. The number of hydrogen-bond donors (Lipinski definition) is 2. The van der Waals surface area contributed by atoms with Crippen molar-refractivity contribution < 1.29 is 9.53 Å². The molecule has 2 N–H and O–H groups in total. The number of rotatable bonds is 6. The van der Waals surface area contributed by atoms with E-state index in [0.29, 0.717) is 38.7 Å². The molecule has 10 heteroatoms. The molecule has 3 heterocycles. The van der Waals surface area contributed by atoms with E-state index in [4.69, 9.17) is 27.9 Å². The number of carbonyl (C=O) groups excluding carboxylic acids is 1. The Morgan fingerprint density at radius 3 is 2.67 bits per heavy atom. The van der Waals surface area contributed by atoms with Crippen LogP contribution in [0.2, 0.25) is 10.0 Å². The first-order valence-electron chi connectivity index (χ1n) is 12.0. The van der Waals surface area contributed by atoms with E-state index in [2.05, 4.69) is 32.7 Å². The van der Waals surface area contributed by atoms with Crippen LogP contribution in [0.5, 0.6) is 5.75 Å². The van der Waals surface area contributed by atoms with E-state index in [1.54, 1.807) is 19.2 Å². The zero-order valence-corrected chi connectivity index (χ0v) is 21.7. The molecular formula is C26H28Cl2N6O2. The van der Waals surface area contributed by atoms with Gasteiger partial charge in [0.05, 0.1) is 24.5 Å². The van der Waals surface area contributed by atoms with Crippen molar-refractivity contribution in [3.63, 3.8) is 0 Å². The highest BCUT2D eigenvalue weighted by atomic mass is 35.5. The van der Waals surface area contributed by atoms with Gasteiger partial charge in [-0.2, -0.15) is 0 Å². The SMILES string of the molecule is COc1cc(C(=O)N2CCCC2)ccc1Nc1cc2c(nn1)NCCN2[C@H](C)c1cc(Cl)ccc1Cl. The van der Waals surface area contributed by atoms with E-state index >= 15 is 0 Å². The van der Waals surface area contributed by atoms with E-state index in [1.165, 1.54) is 0 Å². The molecule has 1 saturated heterocycles. The summed E-state index contributed by atoms with van der Waals surface area (Å²) >= 11 is 12.8. The lowest BCUT2D eigenvalue weighted by molar-refractivity contribution is 0.0792. The van der Waals surface area contributed by atoms with Crippen LogP contribution in [0.4, 0.5) is 23.0 Å². The second kappa shape index (κ2) is 10.4. The zero-order chi connectivity index (χ0) is 25.2. The number of fused-ring (bicyclic) bond motifs is 1. The molecule has 1 amide bonds. The largest absolute Gasteiger partial charge is 0.495 e. The number of nitrogens with zero attached hydrogens (tertiary/aromatic N) is 4. The fourth-order valence-electron chi connectivity index (χ4n) is 4.78. The average Bonchev–Trinajstić information content (AvgIpc) is 3.44. The molecule has 0 aliphatic carbocycles. The lowest BCUT2D eigenvalue weighted by Gasteiger charge is -2.36. The Kier molecular flexibility index (Phi) is 7.07. The summed E-state index contributed by atoms with van der Waals surface area (Å²) in [6.07, 6.45) is 2.10. The first-order valence-corrected chi connectivity index (χ1v) is 12.8. The Morgan fingerprint density at radius 2 is 1.89 bits per heavy atom. The summed E-state index contributed by atoms with van der Waals surface area (Å²) in [6.45, 7) is 5.19. The highest BCUT2D eigenvalue weighted by Gasteiger charge is 2.26. The summed E-state index contributed by atoms with van der Waals surface area (Å²) in [5.74, 6) is 1.86. The number of halogens is 2. The maximum atomic E-state index is 12.8. The molecule has 0 unspecified atom stereocenters.